The average molecular weight is 164 g/mol. The Morgan fingerprint density at radius 3 is 3.42 bits per heavy atom. The number of aromatic nitrogens is 1. The van der Waals surface area contributed by atoms with Crippen LogP contribution in [0.2, 0.25) is 0 Å². The summed E-state index contributed by atoms with van der Waals surface area (Å²) >= 11 is 0. The summed E-state index contributed by atoms with van der Waals surface area (Å²) in [7, 11) is 0. The van der Waals surface area contributed by atoms with Crippen LogP contribution in [-0.4, -0.2) is 24.5 Å². The quantitative estimate of drug-likeness (QED) is 0.565. The van der Waals surface area contributed by atoms with Gasteiger partial charge in [0.15, 0.2) is 5.75 Å². The van der Waals surface area contributed by atoms with Crippen molar-refractivity contribution in [1.29, 1.82) is 0 Å². The third-order valence-electron chi connectivity index (χ3n) is 1.79. The Morgan fingerprint density at radius 2 is 2.58 bits per heavy atom. The van der Waals surface area contributed by atoms with Gasteiger partial charge in [-0.25, -0.2) is 0 Å². The second-order valence-corrected chi connectivity index (χ2v) is 2.49. The van der Waals surface area contributed by atoms with Gasteiger partial charge in [-0.15, -0.1) is 0 Å². The van der Waals surface area contributed by atoms with Gasteiger partial charge >= 0.3 is 0 Å². The van der Waals surface area contributed by atoms with Crippen molar-refractivity contribution < 1.29 is 9.53 Å². The van der Waals surface area contributed by atoms with E-state index < -0.39 is 0 Å². The van der Waals surface area contributed by atoms with Crippen molar-refractivity contribution in [2.24, 2.45) is 0 Å². The molecule has 0 atom stereocenters. The summed E-state index contributed by atoms with van der Waals surface area (Å²) in [6, 6.07) is 1.77. The van der Waals surface area contributed by atoms with Gasteiger partial charge in [0.2, 0.25) is 6.41 Å². The first-order valence-electron chi connectivity index (χ1n) is 3.70. The van der Waals surface area contributed by atoms with Crippen molar-refractivity contribution in [1.82, 2.24) is 4.98 Å². The molecule has 1 aromatic rings. The maximum Gasteiger partial charge on any atom is 0.214 e. The average Bonchev–Trinajstić information content (AvgIpc) is 2.17. The molecular formula is C8H8N2O2. The molecule has 2 heterocycles. The molecule has 62 valence electrons. The van der Waals surface area contributed by atoms with E-state index in [0.717, 1.165) is 12.1 Å². The normalized spacial score (nSPS) is 14.8. The van der Waals surface area contributed by atoms with E-state index in [9.17, 15) is 4.79 Å². The van der Waals surface area contributed by atoms with Crippen LogP contribution in [0.3, 0.4) is 0 Å². The summed E-state index contributed by atoms with van der Waals surface area (Å²) in [5.41, 5.74) is 0.797. The number of nitrogens with zero attached hydrogens (tertiary/aromatic N) is 2. The monoisotopic (exact) mass is 164 g/mol. The number of pyridine rings is 1. The molecule has 1 aliphatic rings. The van der Waals surface area contributed by atoms with Gasteiger partial charge in [0.25, 0.3) is 0 Å². The molecule has 0 saturated carbocycles. The minimum Gasteiger partial charge on any atom is -0.488 e. The van der Waals surface area contributed by atoms with E-state index in [1.165, 1.54) is 0 Å². The van der Waals surface area contributed by atoms with Crippen LogP contribution in [0.15, 0.2) is 18.5 Å². The zero-order valence-corrected chi connectivity index (χ0v) is 6.43. The molecule has 0 saturated heterocycles. The summed E-state index contributed by atoms with van der Waals surface area (Å²) in [5.74, 6) is 0.677. The number of carbonyl (C=O) groups excluding carboxylic acids is 1. The lowest BCUT2D eigenvalue weighted by atomic mass is 10.3. The third kappa shape index (κ3) is 1.01. The van der Waals surface area contributed by atoms with Crippen molar-refractivity contribution in [3.8, 4) is 5.75 Å². The van der Waals surface area contributed by atoms with Gasteiger partial charge < -0.3 is 9.64 Å². The Labute approximate surface area is 69.8 Å². The second-order valence-electron chi connectivity index (χ2n) is 2.49. The number of amides is 1. The van der Waals surface area contributed by atoms with Gasteiger partial charge in [-0.1, -0.05) is 0 Å². The first-order valence-corrected chi connectivity index (χ1v) is 3.70. The van der Waals surface area contributed by atoms with Gasteiger partial charge in [-0.2, -0.15) is 0 Å². The van der Waals surface area contributed by atoms with Crippen LogP contribution in [0.1, 0.15) is 0 Å². The number of fused-ring (bicyclic) bond motifs is 1. The summed E-state index contributed by atoms with van der Waals surface area (Å²) in [6.45, 7) is 1.15. The lowest BCUT2D eigenvalue weighted by Crippen LogP contribution is -2.31. The van der Waals surface area contributed by atoms with E-state index in [4.69, 9.17) is 4.74 Å². The van der Waals surface area contributed by atoms with Crippen molar-refractivity contribution in [3.05, 3.63) is 18.5 Å². The molecule has 0 radical (unpaired) electrons. The Hall–Kier alpha value is -1.58. The predicted octanol–water partition coefficient (Wildman–Crippen LogP) is 0.437. The first kappa shape index (κ1) is 7.09. The van der Waals surface area contributed by atoms with Crippen LogP contribution in [0.5, 0.6) is 5.75 Å². The van der Waals surface area contributed by atoms with E-state index in [2.05, 4.69) is 4.98 Å². The van der Waals surface area contributed by atoms with Crippen molar-refractivity contribution in [3.63, 3.8) is 0 Å². The largest absolute Gasteiger partial charge is 0.488 e. The molecule has 0 aliphatic carbocycles. The molecule has 2 rings (SSSR count). The summed E-state index contributed by atoms with van der Waals surface area (Å²) < 4.78 is 5.29. The third-order valence-corrected chi connectivity index (χ3v) is 1.79. The Balaban J connectivity index is 2.43. The maximum absolute atomic E-state index is 10.6. The Morgan fingerprint density at radius 1 is 1.67 bits per heavy atom. The van der Waals surface area contributed by atoms with Crippen LogP contribution in [0.25, 0.3) is 0 Å². The first-order chi connectivity index (χ1) is 5.92. The van der Waals surface area contributed by atoms with Crippen molar-refractivity contribution in [2.75, 3.05) is 18.1 Å². The van der Waals surface area contributed by atoms with Crippen LogP contribution in [-0.2, 0) is 4.79 Å². The van der Waals surface area contributed by atoms with Crippen molar-refractivity contribution >= 4 is 12.1 Å². The highest BCUT2D eigenvalue weighted by Gasteiger charge is 2.16. The van der Waals surface area contributed by atoms with Crippen molar-refractivity contribution in [2.45, 2.75) is 0 Å². The number of carbonyl (C=O) groups is 1. The summed E-state index contributed by atoms with van der Waals surface area (Å²) in [4.78, 5) is 16.1. The van der Waals surface area contributed by atoms with Gasteiger partial charge in [0.05, 0.1) is 18.4 Å². The van der Waals surface area contributed by atoms with Gasteiger partial charge in [-0.05, 0) is 6.07 Å². The fourth-order valence-electron chi connectivity index (χ4n) is 1.21. The maximum atomic E-state index is 10.6. The van der Waals surface area contributed by atoms with Gasteiger partial charge in [0.1, 0.15) is 6.61 Å². The van der Waals surface area contributed by atoms with Crippen LogP contribution >= 0.6 is 0 Å². The van der Waals surface area contributed by atoms with Crippen LogP contribution in [0, 0.1) is 0 Å². The molecule has 1 amide bonds. The highest BCUT2D eigenvalue weighted by molar-refractivity contribution is 5.79. The van der Waals surface area contributed by atoms with E-state index in [1.807, 2.05) is 0 Å². The van der Waals surface area contributed by atoms with E-state index in [-0.39, 0.29) is 0 Å². The molecule has 12 heavy (non-hydrogen) atoms. The molecule has 0 aromatic carbocycles. The molecule has 4 heteroatoms. The standard InChI is InChI=1S/C8H8N2O2/c11-6-10-3-4-12-8-5-9-2-1-7(8)10/h1-2,5-6H,3-4H2. The number of rotatable bonds is 1. The molecule has 0 N–H and O–H groups in total. The molecule has 1 aliphatic heterocycles. The number of hydrogen-bond acceptors (Lipinski definition) is 3. The SMILES string of the molecule is O=CN1CCOc2cnccc21. The van der Waals surface area contributed by atoms with Crippen LogP contribution < -0.4 is 9.64 Å². The molecule has 0 spiro atoms. The van der Waals surface area contributed by atoms with E-state index in [1.54, 1.807) is 23.4 Å². The molecule has 1 aromatic heterocycles. The minimum absolute atomic E-state index is 0.539. The number of ether oxygens (including phenoxy) is 1. The second kappa shape index (κ2) is 2.81. The summed E-state index contributed by atoms with van der Waals surface area (Å²) in [6.07, 6.45) is 4.07. The Bertz CT molecular complexity index is 301. The molecular weight excluding hydrogens is 156 g/mol. The number of anilines is 1. The van der Waals surface area contributed by atoms with Gasteiger partial charge in [0, 0.05) is 6.20 Å². The lowest BCUT2D eigenvalue weighted by Gasteiger charge is -2.25. The smallest absolute Gasteiger partial charge is 0.214 e. The van der Waals surface area contributed by atoms with E-state index in [0.29, 0.717) is 18.9 Å². The molecule has 0 fully saturated rings. The molecule has 4 nitrogen and oxygen atoms in total. The predicted molar refractivity (Wildman–Crippen MR) is 43.1 cm³/mol. The molecule has 0 unspecified atom stereocenters. The topological polar surface area (TPSA) is 42.4 Å². The summed E-state index contributed by atoms with van der Waals surface area (Å²) in [5, 5.41) is 0. The Kier molecular flexibility index (Phi) is 1.66. The van der Waals surface area contributed by atoms with Crippen LogP contribution in [0.4, 0.5) is 5.69 Å². The zero-order valence-electron chi connectivity index (χ0n) is 6.43. The number of hydrogen-bond donors (Lipinski definition) is 0. The fourth-order valence-corrected chi connectivity index (χ4v) is 1.21. The fraction of sp³-hybridized carbons (Fsp3) is 0.250. The zero-order chi connectivity index (χ0) is 8.39. The highest BCUT2D eigenvalue weighted by Crippen LogP contribution is 2.28. The lowest BCUT2D eigenvalue weighted by molar-refractivity contribution is -0.107. The highest BCUT2D eigenvalue weighted by atomic mass is 16.5. The molecule has 0 bridgehead atoms. The van der Waals surface area contributed by atoms with Gasteiger partial charge in [-0.3, -0.25) is 9.78 Å². The minimum atomic E-state index is 0.539. The van der Waals surface area contributed by atoms with E-state index >= 15 is 0 Å².